The maximum absolute atomic E-state index is 11.7. The van der Waals surface area contributed by atoms with Gasteiger partial charge in [0, 0.05) is 11.5 Å². The van der Waals surface area contributed by atoms with Crippen LogP contribution in [0.25, 0.3) is 0 Å². The van der Waals surface area contributed by atoms with Gasteiger partial charge in [0.1, 0.15) is 12.2 Å². The zero-order valence-electron chi connectivity index (χ0n) is 11.1. The van der Waals surface area contributed by atoms with E-state index in [1.807, 2.05) is 0 Å². The van der Waals surface area contributed by atoms with Crippen molar-refractivity contribution in [2.75, 3.05) is 0 Å². The molecule has 2 saturated heterocycles. The van der Waals surface area contributed by atoms with E-state index < -0.39 is 0 Å². The van der Waals surface area contributed by atoms with Crippen molar-refractivity contribution in [1.29, 1.82) is 0 Å². The Bertz CT molecular complexity index is 437. The highest BCUT2D eigenvalue weighted by Gasteiger charge is 2.61. The molecule has 0 aromatic carbocycles. The van der Waals surface area contributed by atoms with Crippen molar-refractivity contribution in [1.82, 2.24) is 0 Å². The van der Waals surface area contributed by atoms with Crippen LogP contribution in [0.15, 0.2) is 23.8 Å². The minimum absolute atomic E-state index is 0.0671. The van der Waals surface area contributed by atoms with E-state index in [-0.39, 0.29) is 29.7 Å². The Kier molecular flexibility index (Phi) is 2.63. The van der Waals surface area contributed by atoms with Gasteiger partial charge in [0.05, 0.1) is 5.60 Å². The molecule has 2 aliphatic heterocycles. The second-order valence-electron chi connectivity index (χ2n) is 5.98. The molecule has 3 nitrogen and oxygen atoms in total. The number of esters is 1. The molecule has 3 rings (SSSR count). The fraction of sp³-hybridized carbons (Fsp3) is 0.667. The standard InChI is InChI=1S/C15H20O3/c1-9-5-4-8-15(3)13(18-15)12-11(7-6-9)10(2)14(16)17-12/h5,11-13H,2,4,6-8H2,1,3H3/b9-5-/t11-,12-,13?,15+/m0/s1. The number of hydrogen-bond donors (Lipinski definition) is 0. The fourth-order valence-electron chi connectivity index (χ4n) is 3.20. The molecule has 0 aromatic rings. The average molecular weight is 248 g/mol. The van der Waals surface area contributed by atoms with E-state index in [4.69, 9.17) is 9.47 Å². The van der Waals surface area contributed by atoms with Crippen LogP contribution in [0.5, 0.6) is 0 Å². The lowest BCUT2D eigenvalue weighted by molar-refractivity contribution is -0.140. The van der Waals surface area contributed by atoms with E-state index in [9.17, 15) is 4.79 Å². The Labute approximate surface area is 108 Å². The molecular formula is C15H20O3. The number of allylic oxidation sites excluding steroid dienone is 2. The highest BCUT2D eigenvalue weighted by molar-refractivity contribution is 5.91. The van der Waals surface area contributed by atoms with Crippen LogP contribution in [0, 0.1) is 5.92 Å². The summed E-state index contributed by atoms with van der Waals surface area (Å²) >= 11 is 0. The van der Waals surface area contributed by atoms with Crippen LogP contribution in [-0.2, 0) is 14.3 Å². The van der Waals surface area contributed by atoms with E-state index in [1.54, 1.807) is 0 Å². The highest BCUT2D eigenvalue weighted by Crippen LogP contribution is 2.49. The van der Waals surface area contributed by atoms with Gasteiger partial charge in [-0.15, -0.1) is 0 Å². The molecule has 0 radical (unpaired) electrons. The van der Waals surface area contributed by atoms with Gasteiger partial charge in [-0.2, -0.15) is 0 Å². The molecule has 2 heterocycles. The van der Waals surface area contributed by atoms with Crippen molar-refractivity contribution in [3.63, 3.8) is 0 Å². The van der Waals surface area contributed by atoms with Gasteiger partial charge in [-0.3, -0.25) is 0 Å². The molecule has 98 valence electrons. The summed E-state index contributed by atoms with van der Waals surface area (Å²) in [7, 11) is 0. The summed E-state index contributed by atoms with van der Waals surface area (Å²) in [5.41, 5.74) is 1.91. The Morgan fingerprint density at radius 2 is 2.28 bits per heavy atom. The Morgan fingerprint density at radius 1 is 1.50 bits per heavy atom. The molecule has 1 unspecified atom stereocenters. The topological polar surface area (TPSA) is 38.8 Å². The molecule has 18 heavy (non-hydrogen) atoms. The molecule has 0 bridgehead atoms. The summed E-state index contributed by atoms with van der Waals surface area (Å²) < 4.78 is 11.3. The van der Waals surface area contributed by atoms with Gasteiger partial charge in [-0.05, 0) is 39.5 Å². The first-order valence-electron chi connectivity index (χ1n) is 6.74. The molecule has 0 spiro atoms. The zero-order chi connectivity index (χ0) is 12.9. The van der Waals surface area contributed by atoms with Gasteiger partial charge in [-0.1, -0.05) is 18.2 Å². The van der Waals surface area contributed by atoms with Crippen LogP contribution in [0.3, 0.4) is 0 Å². The minimum atomic E-state index is -0.233. The summed E-state index contributed by atoms with van der Waals surface area (Å²) in [6, 6.07) is 0. The van der Waals surface area contributed by atoms with Gasteiger partial charge in [0.2, 0.25) is 0 Å². The third-order valence-corrected chi connectivity index (χ3v) is 4.57. The van der Waals surface area contributed by atoms with E-state index >= 15 is 0 Å². The maximum atomic E-state index is 11.7. The van der Waals surface area contributed by atoms with Crippen molar-refractivity contribution >= 4 is 5.97 Å². The average Bonchev–Trinajstić information content (AvgIpc) is 2.90. The van der Waals surface area contributed by atoms with Gasteiger partial charge in [-0.25, -0.2) is 4.79 Å². The maximum Gasteiger partial charge on any atom is 0.334 e. The predicted molar refractivity (Wildman–Crippen MR) is 68.0 cm³/mol. The monoisotopic (exact) mass is 248 g/mol. The van der Waals surface area contributed by atoms with E-state index in [2.05, 4.69) is 26.5 Å². The number of rotatable bonds is 0. The van der Waals surface area contributed by atoms with Crippen molar-refractivity contribution in [3.8, 4) is 0 Å². The summed E-state index contributed by atoms with van der Waals surface area (Å²) in [4.78, 5) is 11.7. The summed E-state index contributed by atoms with van der Waals surface area (Å²) in [6.07, 6.45) is 6.25. The number of hydrogen-bond acceptors (Lipinski definition) is 3. The molecule has 0 saturated carbocycles. The third-order valence-electron chi connectivity index (χ3n) is 4.57. The normalized spacial score (nSPS) is 46.6. The Morgan fingerprint density at radius 3 is 3.06 bits per heavy atom. The zero-order valence-corrected chi connectivity index (χ0v) is 11.1. The van der Waals surface area contributed by atoms with E-state index in [0.29, 0.717) is 5.57 Å². The predicted octanol–water partition coefficient (Wildman–Crippen LogP) is 2.76. The molecular weight excluding hydrogens is 228 g/mol. The lowest BCUT2D eigenvalue weighted by Gasteiger charge is -2.19. The first-order valence-corrected chi connectivity index (χ1v) is 6.74. The highest BCUT2D eigenvalue weighted by atomic mass is 16.6. The van der Waals surface area contributed by atoms with Crippen molar-refractivity contribution in [2.45, 2.75) is 57.3 Å². The van der Waals surface area contributed by atoms with Crippen molar-refractivity contribution < 1.29 is 14.3 Å². The third kappa shape index (κ3) is 1.81. The van der Waals surface area contributed by atoms with Crippen LogP contribution in [-0.4, -0.2) is 23.8 Å². The number of fused-ring (bicyclic) bond motifs is 3. The summed E-state index contributed by atoms with van der Waals surface area (Å²) in [6.45, 7) is 8.17. The summed E-state index contributed by atoms with van der Waals surface area (Å²) in [5.74, 6) is -0.102. The van der Waals surface area contributed by atoms with Crippen LogP contribution < -0.4 is 0 Å². The lowest BCUT2D eigenvalue weighted by atomic mass is 9.84. The minimum Gasteiger partial charge on any atom is -0.455 e. The Balaban J connectivity index is 1.87. The molecule has 0 aromatic heterocycles. The molecule has 3 aliphatic rings. The second kappa shape index (κ2) is 3.95. The number of carbonyl (C=O) groups is 1. The molecule has 2 fully saturated rings. The number of carbonyl (C=O) groups excluding carboxylic acids is 1. The quantitative estimate of drug-likeness (QED) is 0.286. The van der Waals surface area contributed by atoms with Gasteiger partial charge in [0.15, 0.2) is 0 Å². The number of ether oxygens (including phenoxy) is 2. The molecule has 0 N–H and O–H groups in total. The smallest absolute Gasteiger partial charge is 0.334 e. The largest absolute Gasteiger partial charge is 0.455 e. The van der Waals surface area contributed by atoms with Crippen LogP contribution in [0.2, 0.25) is 0 Å². The first-order chi connectivity index (χ1) is 8.51. The van der Waals surface area contributed by atoms with E-state index in [1.165, 1.54) is 5.57 Å². The van der Waals surface area contributed by atoms with Crippen LogP contribution >= 0.6 is 0 Å². The molecule has 3 heteroatoms. The van der Waals surface area contributed by atoms with Crippen molar-refractivity contribution in [2.24, 2.45) is 5.92 Å². The van der Waals surface area contributed by atoms with Crippen LogP contribution in [0.1, 0.15) is 39.5 Å². The molecule has 4 atom stereocenters. The second-order valence-corrected chi connectivity index (χ2v) is 5.98. The molecule has 0 amide bonds. The van der Waals surface area contributed by atoms with Crippen molar-refractivity contribution in [3.05, 3.63) is 23.8 Å². The SMILES string of the molecule is C=C1C(=O)O[C@@H]2C3O[C@]3(C)CC/C=C(/C)CC[C@@H]12. The lowest BCUT2D eigenvalue weighted by Crippen LogP contribution is -2.28. The fourth-order valence-corrected chi connectivity index (χ4v) is 3.20. The van der Waals surface area contributed by atoms with Gasteiger partial charge < -0.3 is 9.47 Å². The van der Waals surface area contributed by atoms with Gasteiger partial charge >= 0.3 is 5.97 Å². The number of epoxide rings is 1. The van der Waals surface area contributed by atoms with Gasteiger partial charge in [0.25, 0.3) is 0 Å². The Hall–Kier alpha value is -1.09. The molecule has 1 aliphatic carbocycles. The van der Waals surface area contributed by atoms with Crippen LogP contribution in [0.4, 0.5) is 0 Å². The first kappa shape index (κ1) is 12.0. The van der Waals surface area contributed by atoms with E-state index in [0.717, 1.165) is 25.7 Å². The summed E-state index contributed by atoms with van der Waals surface area (Å²) in [5, 5.41) is 0.